The van der Waals surface area contributed by atoms with E-state index in [0.29, 0.717) is 25.0 Å². The molecule has 19 heavy (non-hydrogen) atoms. The average molecular weight is 353 g/mol. The standard InChI is InChI=1S/C9H20O6S4/c1-8(18(10,11)12)4-3-6-16-17-7-5-9(2)19(13,14)15/h8-9H,3-7H2,1-2H3,(H,10,11,12)(H,13,14,15). The van der Waals surface area contributed by atoms with Gasteiger partial charge in [0.15, 0.2) is 0 Å². The first-order valence-corrected chi connectivity index (χ1v) is 11.2. The van der Waals surface area contributed by atoms with E-state index >= 15 is 0 Å². The molecule has 0 fully saturated rings. The second-order valence-corrected chi connectivity index (χ2v) is 10.6. The van der Waals surface area contributed by atoms with Crippen LogP contribution in [0.15, 0.2) is 0 Å². The molecule has 0 spiro atoms. The fraction of sp³-hybridized carbons (Fsp3) is 1.00. The SMILES string of the molecule is CC(CCCSSCCC(C)S(=O)(=O)O)S(=O)(=O)O. The summed E-state index contributed by atoms with van der Waals surface area (Å²) in [5, 5.41) is -1.52. The molecule has 0 aliphatic rings. The third-order valence-electron chi connectivity index (χ3n) is 2.55. The molecule has 0 aromatic heterocycles. The Labute approximate surface area is 123 Å². The van der Waals surface area contributed by atoms with Gasteiger partial charge in [0.25, 0.3) is 20.2 Å². The summed E-state index contributed by atoms with van der Waals surface area (Å²) in [7, 11) is -4.88. The van der Waals surface area contributed by atoms with Gasteiger partial charge < -0.3 is 0 Å². The molecule has 0 aromatic carbocycles. The topological polar surface area (TPSA) is 109 Å². The monoisotopic (exact) mass is 352 g/mol. The van der Waals surface area contributed by atoms with Crippen molar-refractivity contribution in [2.75, 3.05) is 11.5 Å². The van der Waals surface area contributed by atoms with E-state index in [-0.39, 0.29) is 0 Å². The second-order valence-electron chi connectivity index (χ2n) is 4.23. The molecule has 2 atom stereocenters. The fourth-order valence-corrected chi connectivity index (χ4v) is 4.41. The maximum Gasteiger partial charge on any atom is 0.267 e. The van der Waals surface area contributed by atoms with Gasteiger partial charge in [0.1, 0.15) is 0 Å². The molecule has 2 N–H and O–H groups in total. The lowest BCUT2D eigenvalue weighted by Gasteiger charge is -2.08. The van der Waals surface area contributed by atoms with E-state index in [2.05, 4.69) is 0 Å². The van der Waals surface area contributed by atoms with Crippen molar-refractivity contribution in [2.24, 2.45) is 0 Å². The van der Waals surface area contributed by atoms with Crippen molar-refractivity contribution in [1.29, 1.82) is 0 Å². The first-order chi connectivity index (χ1) is 8.55. The maximum absolute atomic E-state index is 10.7. The normalized spacial score (nSPS) is 16.2. The van der Waals surface area contributed by atoms with Crippen LogP contribution in [0.5, 0.6) is 0 Å². The molecule has 0 saturated heterocycles. The minimum atomic E-state index is -3.94. The predicted molar refractivity (Wildman–Crippen MR) is 80.8 cm³/mol. The minimum absolute atomic E-state index is 0.373. The highest BCUT2D eigenvalue weighted by atomic mass is 33.1. The summed E-state index contributed by atoms with van der Waals surface area (Å²) >= 11 is 0. The molecule has 0 rings (SSSR count). The highest BCUT2D eigenvalue weighted by Gasteiger charge is 2.17. The van der Waals surface area contributed by atoms with Gasteiger partial charge in [0, 0.05) is 11.5 Å². The highest BCUT2D eigenvalue weighted by molar-refractivity contribution is 8.76. The molecule has 0 aliphatic heterocycles. The van der Waals surface area contributed by atoms with Crippen molar-refractivity contribution in [3.8, 4) is 0 Å². The van der Waals surface area contributed by atoms with E-state index in [1.165, 1.54) is 35.4 Å². The molecular weight excluding hydrogens is 332 g/mol. The summed E-state index contributed by atoms with van der Waals surface area (Å²) in [4.78, 5) is 0. The van der Waals surface area contributed by atoms with E-state index in [0.717, 1.165) is 5.75 Å². The van der Waals surface area contributed by atoms with Gasteiger partial charge in [-0.1, -0.05) is 21.6 Å². The number of rotatable bonds is 10. The van der Waals surface area contributed by atoms with E-state index in [1.807, 2.05) is 0 Å². The van der Waals surface area contributed by atoms with Crippen LogP contribution in [0.1, 0.15) is 33.1 Å². The van der Waals surface area contributed by atoms with Crippen molar-refractivity contribution in [3.05, 3.63) is 0 Å². The Hall–Kier alpha value is 0.520. The largest absolute Gasteiger partial charge is 0.285 e. The minimum Gasteiger partial charge on any atom is -0.285 e. The molecular formula is C9H20O6S4. The van der Waals surface area contributed by atoms with Crippen molar-refractivity contribution in [2.45, 2.75) is 43.6 Å². The summed E-state index contributed by atoms with van der Waals surface area (Å²) in [5.74, 6) is 1.32. The summed E-state index contributed by atoms with van der Waals surface area (Å²) < 4.78 is 60.4. The lowest BCUT2D eigenvalue weighted by atomic mass is 10.3. The number of hydrogen-bond acceptors (Lipinski definition) is 6. The Balaban J connectivity index is 3.58. The second kappa shape index (κ2) is 8.73. The smallest absolute Gasteiger partial charge is 0.267 e. The van der Waals surface area contributed by atoms with Crippen LogP contribution in [0.3, 0.4) is 0 Å². The van der Waals surface area contributed by atoms with Crippen LogP contribution >= 0.6 is 21.6 Å². The van der Waals surface area contributed by atoms with E-state index in [9.17, 15) is 16.8 Å². The summed E-state index contributed by atoms with van der Waals surface area (Å²) in [5.41, 5.74) is 0. The quantitative estimate of drug-likeness (QED) is 0.349. The predicted octanol–water partition coefficient (Wildman–Crippen LogP) is 2.09. The van der Waals surface area contributed by atoms with Crippen LogP contribution in [-0.4, -0.2) is 47.9 Å². The van der Waals surface area contributed by atoms with Crippen LogP contribution in [0.25, 0.3) is 0 Å². The summed E-state index contributed by atoms with van der Waals surface area (Å²) in [6.45, 7) is 2.91. The first-order valence-electron chi connectivity index (χ1n) is 5.72. The van der Waals surface area contributed by atoms with E-state index < -0.39 is 30.7 Å². The van der Waals surface area contributed by atoms with Crippen molar-refractivity contribution >= 4 is 41.8 Å². The average Bonchev–Trinajstić information content (AvgIpc) is 2.24. The Morgan fingerprint density at radius 1 is 0.842 bits per heavy atom. The molecule has 0 aliphatic carbocycles. The van der Waals surface area contributed by atoms with Crippen LogP contribution in [-0.2, 0) is 20.2 Å². The first kappa shape index (κ1) is 19.5. The molecule has 0 radical (unpaired) electrons. The highest BCUT2D eigenvalue weighted by Crippen LogP contribution is 2.25. The zero-order chi connectivity index (χ0) is 15.1. The Morgan fingerprint density at radius 2 is 1.26 bits per heavy atom. The Morgan fingerprint density at radius 3 is 1.74 bits per heavy atom. The van der Waals surface area contributed by atoms with Gasteiger partial charge in [0.05, 0.1) is 10.5 Å². The fourth-order valence-electron chi connectivity index (χ4n) is 1.06. The zero-order valence-corrected chi connectivity index (χ0v) is 14.1. The van der Waals surface area contributed by atoms with Gasteiger partial charge in [-0.15, -0.1) is 0 Å². The van der Waals surface area contributed by atoms with Crippen molar-refractivity contribution in [1.82, 2.24) is 0 Å². The summed E-state index contributed by atoms with van der Waals surface area (Å²) in [6, 6.07) is 0. The molecule has 0 amide bonds. The van der Waals surface area contributed by atoms with Gasteiger partial charge in [0.2, 0.25) is 0 Å². The van der Waals surface area contributed by atoms with Crippen molar-refractivity contribution < 1.29 is 25.9 Å². The molecule has 10 heteroatoms. The van der Waals surface area contributed by atoms with Crippen LogP contribution in [0.4, 0.5) is 0 Å². The Bertz CT molecular complexity index is 401. The molecule has 116 valence electrons. The van der Waals surface area contributed by atoms with Gasteiger partial charge in [-0.05, 0) is 33.1 Å². The lowest BCUT2D eigenvalue weighted by molar-refractivity contribution is 0.465. The molecule has 6 nitrogen and oxygen atoms in total. The Kier molecular flexibility index (Phi) is 8.97. The van der Waals surface area contributed by atoms with Crippen LogP contribution < -0.4 is 0 Å². The third kappa shape index (κ3) is 9.97. The van der Waals surface area contributed by atoms with Crippen molar-refractivity contribution in [3.63, 3.8) is 0 Å². The van der Waals surface area contributed by atoms with Crippen LogP contribution in [0.2, 0.25) is 0 Å². The van der Waals surface area contributed by atoms with Crippen LogP contribution in [0, 0.1) is 0 Å². The molecule has 0 aromatic rings. The zero-order valence-electron chi connectivity index (χ0n) is 10.9. The summed E-state index contributed by atoms with van der Waals surface area (Å²) in [6.07, 6.45) is 1.43. The van der Waals surface area contributed by atoms with E-state index in [4.69, 9.17) is 9.11 Å². The van der Waals surface area contributed by atoms with Gasteiger partial charge in [-0.3, -0.25) is 9.11 Å². The lowest BCUT2D eigenvalue weighted by Crippen LogP contribution is -2.17. The maximum atomic E-state index is 10.7. The van der Waals surface area contributed by atoms with Gasteiger partial charge in [-0.2, -0.15) is 16.8 Å². The third-order valence-corrected chi connectivity index (χ3v) is 7.58. The molecule has 2 unspecified atom stereocenters. The van der Waals surface area contributed by atoms with Gasteiger partial charge in [-0.25, -0.2) is 0 Å². The number of hydrogen-bond donors (Lipinski definition) is 2. The molecule has 0 saturated carbocycles. The molecule has 0 heterocycles. The molecule has 0 bridgehead atoms. The van der Waals surface area contributed by atoms with Gasteiger partial charge >= 0.3 is 0 Å². The van der Waals surface area contributed by atoms with E-state index in [1.54, 1.807) is 0 Å².